The molecule has 0 aliphatic carbocycles. The molecule has 1 aromatic carbocycles. The summed E-state index contributed by atoms with van der Waals surface area (Å²) in [5, 5.41) is 0. The predicted octanol–water partition coefficient (Wildman–Crippen LogP) is 1.86. The molecule has 0 bridgehead atoms. The Hall–Kier alpha value is -0.660. The Balaban J connectivity index is 3.18. The number of benzene rings is 1. The zero-order chi connectivity index (χ0) is 12.3. The Morgan fingerprint density at radius 2 is 2.12 bits per heavy atom. The van der Waals surface area contributed by atoms with Gasteiger partial charge in [0.2, 0.25) is 10.0 Å². The van der Waals surface area contributed by atoms with Gasteiger partial charge in [-0.25, -0.2) is 17.5 Å². The van der Waals surface area contributed by atoms with Crippen molar-refractivity contribution in [2.75, 3.05) is 12.3 Å². The highest BCUT2D eigenvalue weighted by Gasteiger charge is 2.18. The van der Waals surface area contributed by atoms with Gasteiger partial charge < -0.3 is 5.73 Å². The summed E-state index contributed by atoms with van der Waals surface area (Å²) in [6.07, 6.45) is 0.674. The molecule has 0 saturated carbocycles. The molecule has 0 radical (unpaired) electrons. The molecule has 0 spiro atoms. The number of hydrogen-bond donors (Lipinski definition) is 2. The minimum atomic E-state index is -3.64. The van der Waals surface area contributed by atoms with Gasteiger partial charge >= 0.3 is 0 Å². The summed E-state index contributed by atoms with van der Waals surface area (Å²) in [5.74, 6) is -0.652. The smallest absolute Gasteiger partial charge is 0.241 e. The molecule has 3 N–H and O–H groups in total. The SMILES string of the molecule is CCCNS(=O)(=O)c1cc(N)c(F)cc1Br. The maximum atomic E-state index is 13.0. The number of anilines is 1. The summed E-state index contributed by atoms with van der Waals surface area (Å²) < 4.78 is 39.1. The van der Waals surface area contributed by atoms with E-state index in [0.29, 0.717) is 13.0 Å². The molecule has 7 heteroatoms. The number of rotatable bonds is 4. The second-order valence-electron chi connectivity index (χ2n) is 3.20. The van der Waals surface area contributed by atoms with Crippen LogP contribution in [0, 0.1) is 5.82 Å². The Bertz CT molecular complexity index is 491. The molecular weight excluding hydrogens is 299 g/mol. The summed E-state index contributed by atoms with van der Waals surface area (Å²) in [4.78, 5) is -0.0557. The summed E-state index contributed by atoms with van der Waals surface area (Å²) >= 11 is 2.99. The number of halogens is 2. The van der Waals surface area contributed by atoms with Crippen LogP contribution in [0.5, 0.6) is 0 Å². The number of nitrogen functional groups attached to an aromatic ring is 1. The van der Waals surface area contributed by atoms with E-state index in [1.165, 1.54) is 0 Å². The lowest BCUT2D eigenvalue weighted by atomic mass is 10.3. The largest absolute Gasteiger partial charge is 0.396 e. The van der Waals surface area contributed by atoms with Crippen molar-refractivity contribution in [1.82, 2.24) is 4.72 Å². The molecule has 0 aromatic heterocycles. The van der Waals surface area contributed by atoms with Crippen LogP contribution in [-0.4, -0.2) is 15.0 Å². The molecule has 1 rings (SSSR count). The minimum Gasteiger partial charge on any atom is -0.396 e. The van der Waals surface area contributed by atoms with Crippen molar-refractivity contribution < 1.29 is 12.8 Å². The summed E-state index contributed by atoms with van der Waals surface area (Å²) in [5.41, 5.74) is 5.13. The zero-order valence-corrected chi connectivity index (χ0v) is 11.0. The van der Waals surface area contributed by atoms with Crippen molar-refractivity contribution in [2.45, 2.75) is 18.2 Å². The predicted molar refractivity (Wildman–Crippen MR) is 64.0 cm³/mol. The molecule has 0 aliphatic rings. The first-order chi connectivity index (χ1) is 7.38. The third-order valence-electron chi connectivity index (χ3n) is 1.88. The van der Waals surface area contributed by atoms with E-state index in [2.05, 4.69) is 20.7 Å². The molecule has 90 valence electrons. The maximum Gasteiger partial charge on any atom is 0.241 e. The highest BCUT2D eigenvalue weighted by Crippen LogP contribution is 2.26. The first kappa shape index (κ1) is 13.4. The van der Waals surface area contributed by atoms with Gasteiger partial charge in [-0.05, 0) is 34.5 Å². The van der Waals surface area contributed by atoms with E-state index < -0.39 is 15.8 Å². The van der Waals surface area contributed by atoms with E-state index >= 15 is 0 Å². The van der Waals surface area contributed by atoms with E-state index in [4.69, 9.17) is 5.73 Å². The first-order valence-corrected chi connectivity index (χ1v) is 6.90. The average Bonchev–Trinajstić information content (AvgIpc) is 2.20. The van der Waals surface area contributed by atoms with Gasteiger partial charge in [0.1, 0.15) is 5.82 Å². The van der Waals surface area contributed by atoms with Gasteiger partial charge in [0.05, 0.1) is 10.6 Å². The minimum absolute atomic E-state index is 0.0557. The van der Waals surface area contributed by atoms with Gasteiger partial charge in [-0.3, -0.25) is 0 Å². The van der Waals surface area contributed by atoms with Crippen LogP contribution >= 0.6 is 15.9 Å². The molecule has 0 heterocycles. The number of nitrogens with two attached hydrogens (primary N) is 1. The van der Waals surface area contributed by atoms with Crippen molar-refractivity contribution in [3.8, 4) is 0 Å². The molecule has 0 fully saturated rings. The second kappa shape index (κ2) is 5.11. The van der Waals surface area contributed by atoms with Gasteiger partial charge in [-0.15, -0.1) is 0 Å². The molecule has 4 nitrogen and oxygen atoms in total. The standard InChI is InChI=1S/C9H12BrFN2O2S/c1-2-3-13-16(14,15)9-5-8(12)7(11)4-6(9)10/h4-5,13H,2-3,12H2,1H3. The lowest BCUT2D eigenvalue weighted by Crippen LogP contribution is -2.25. The number of sulfonamides is 1. The average molecular weight is 311 g/mol. The lowest BCUT2D eigenvalue weighted by molar-refractivity contribution is 0.579. The van der Waals surface area contributed by atoms with Gasteiger partial charge in [-0.1, -0.05) is 6.92 Å². The zero-order valence-electron chi connectivity index (χ0n) is 8.63. The van der Waals surface area contributed by atoms with Crippen LogP contribution in [0.1, 0.15) is 13.3 Å². The van der Waals surface area contributed by atoms with Crippen molar-refractivity contribution in [2.24, 2.45) is 0 Å². The van der Waals surface area contributed by atoms with Crippen LogP contribution in [0.15, 0.2) is 21.5 Å². The van der Waals surface area contributed by atoms with Crippen molar-refractivity contribution in [3.05, 3.63) is 22.4 Å². The molecule has 0 unspecified atom stereocenters. The first-order valence-electron chi connectivity index (χ1n) is 4.62. The summed E-state index contributed by atoms with van der Waals surface area (Å²) in [7, 11) is -3.64. The lowest BCUT2D eigenvalue weighted by Gasteiger charge is -2.08. The highest BCUT2D eigenvalue weighted by atomic mass is 79.9. The molecule has 1 aromatic rings. The highest BCUT2D eigenvalue weighted by molar-refractivity contribution is 9.10. The summed E-state index contributed by atoms with van der Waals surface area (Å²) in [6, 6.07) is 2.13. The van der Waals surface area contributed by atoms with Crippen LogP contribution in [0.3, 0.4) is 0 Å². The summed E-state index contributed by atoms with van der Waals surface area (Å²) in [6.45, 7) is 2.17. The van der Waals surface area contributed by atoms with E-state index in [1.54, 1.807) is 0 Å². The topological polar surface area (TPSA) is 72.2 Å². The quantitative estimate of drug-likeness (QED) is 0.834. The van der Waals surface area contributed by atoms with E-state index in [0.717, 1.165) is 12.1 Å². The van der Waals surface area contributed by atoms with Gasteiger partial charge in [0.15, 0.2) is 0 Å². The van der Waals surface area contributed by atoms with Crippen molar-refractivity contribution >= 4 is 31.6 Å². The van der Waals surface area contributed by atoms with Gasteiger partial charge in [-0.2, -0.15) is 0 Å². The number of hydrogen-bond acceptors (Lipinski definition) is 3. The molecule has 0 amide bonds. The monoisotopic (exact) mass is 310 g/mol. The van der Waals surface area contributed by atoms with Crippen LogP contribution in [0.25, 0.3) is 0 Å². The van der Waals surface area contributed by atoms with Crippen LogP contribution in [0.4, 0.5) is 10.1 Å². The second-order valence-corrected chi connectivity index (χ2v) is 5.79. The molecule has 0 atom stereocenters. The van der Waals surface area contributed by atoms with Gasteiger partial charge in [0.25, 0.3) is 0 Å². The van der Waals surface area contributed by atoms with E-state index in [9.17, 15) is 12.8 Å². The maximum absolute atomic E-state index is 13.0. The van der Waals surface area contributed by atoms with Crippen LogP contribution in [-0.2, 0) is 10.0 Å². The molecular formula is C9H12BrFN2O2S. The van der Waals surface area contributed by atoms with Gasteiger partial charge in [0, 0.05) is 11.0 Å². The fraction of sp³-hybridized carbons (Fsp3) is 0.333. The Kier molecular flexibility index (Phi) is 4.28. The third kappa shape index (κ3) is 2.93. The third-order valence-corrected chi connectivity index (χ3v) is 4.30. The van der Waals surface area contributed by atoms with Crippen molar-refractivity contribution in [3.63, 3.8) is 0 Å². The van der Waals surface area contributed by atoms with Crippen LogP contribution < -0.4 is 10.5 Å². The Morgan fingerprint density at radius 3 is 2.69 bits per heavy atom. The van der Waals surface area contributed by atoms with Crippen LogP contribution in [0.2, 0.25) is 0 Å². The fourth-order valence-electron chi connectivity index (χ4n) is 1.06. The van der Waals surface area contributed by atoms with E-state index in [-0.39, 0.29) is 15.1 Å². The van der Waals surface area contributed by atoms with Crippen molar-refractivity contribution in [1.29, 1.82) is 0 Å². The number of nitrogens with one attached hydrogen (secondary N) is 1. The molecule has 0 saturated heterocycles. The molecule has 16 heavy (non-hydrogen) atoms. The molecule has 0 aliphatic heterocycles. The normalized spacial score (nSPS) is 11.7. The Labute approximate surface area is 102 Å². The van der Waals surface area contributed by atoms with E-state index in [1.807, 2.05) is 6.92 Å². The Morgan fingerprint density at radius 1 is 1.50 bits per heavy atom. The fourth-order valence-corrected chi connectivity index (χ4v) is 3.25.